The van der Waals surface area contributed by atoms with Gasteiger partial charge in [-0.2, -0.15) is 5.26 Å². The van der Waals surface area contributed by atoms with Gasteiger partial charge in [-0.1, -0.05) is 11.6 Å². The first-order valence-electron chi connectivity index (χ1n) is 5.04. The minimum Gasteiger partial charge on any atom is -0.496 e. The van der Waals surface area contributed by atoms with E-state index in [4.69, 9.17) is 26.3 Å². The molecule has 0 saturated carbocycles. The topological polar surface area (TPSA) is 59.3 Å². The van der Waals surface area contributed by atoms with E-state index in [1.165, 1.54) is 13.2 Å². The number of hydrogen-bond acceptors (Lipinski definition) is 4. The van der Waals surface area contributed by atoms with Crippen molar-refractivity contribution in [3.8, 4) is 11.8 Å². The maximum absolute atomic E-state index is 11.4. The van der Waals surface area contributed by atoms with Gasteiger partial charge in [0.1, 0.15) is 5.75 Å². The van der Waals surface area contributed by atoms with E-state index < -0.39 is 5.97 Å². The van der Waals surface area contributed by atoms with Gasteiger partial charge < -0.3 is 9.47 Å². The lowest BCUT2D eigenvalue weighted by molar-refractivity contribution is -0.142. The number of esters is 1. The molecule has 1 aromatic carbocycles. The van der Waals surface area contributed by atoms with Crippen molar-refractivity contribution < 1.29 is 14.3 Å². The fraction of sp³-hybridized carbons (Fsp3) is 0.333. The van der Waals surface area contributed by atoms with Gasteiger partial charge in [0.05, 0.1) is 31.8 Å². The first-order chi connectivity index (χ1) is 8.12. The van der Waals surface area contributed by atoms with E-state index in [0.29, 0.717) is 28.5 Å². The number of rotatable bonds is 4. The lowest BCUT2D eigenvalue weighted by Gasteiger charge is -2.10. The number of hydrogen-bond donors (Lipinski definition) is 0. The molecule has 0 aliphatic rings. The van der Waals surface area contributed by atoms with Gasteiger partial charge in [-0.25, -0.2) is 0 Å². The van der Waals surface area contributed by atoms with Gasteiger partial charge in [0.2, 0.25) is 0 Å². The van der Waals surface area contributed by atoms with Crippen LogP contribution in [0.25, 0.3) is 0 Å². The lowest BCUT2D eigenvalue weighted by atomic mass is 10.0. The maximum Gasteiger partial charge on any atom is 0.310 e. The molecule has 5 heteroatoms. The third kappa shape index (κ3) is 3.36. The molecule has 0 radical (unpaired) electrons. The number of nitriles is 1. The molecule has 0 bridgehead atoms. The molecule has 4 nitrogen and oxygen atoms in total. The van der Waals surface area contributed by atoms with Crippen LogP contribution < -0.4 is 4.74 Å². The van der Waals surface area contributed by atoms with Crippen LogP contribution in [-0.2, 0) is 16.0 Å². The Hall–Kier alpha value is -1.73. The number of carbonyl (C=O) groups is 1. The Kier molecular flexibility index (Phi) is 4.80. The van der Waals surface area contributed by atoms with Crippen LogP contribution in [0.15, 0.2) is 12.1 Å². The van der Waals surface area contributed by atoms with Crippen LogP contribution in [-0.4, -0.2) is 19.7 Å². The molecule has 1 rings (SSSR count). The molecule has 0 aromatic heterocycles. The molecular formula is C12H12ClNO3. The van der Waals surface area contributed by atoms with Crippen molar-refractivity contribution in [1.82, 2.24) is 0 Å². The summed E-state index contributed by atoms with van der Waals surface area (Å²) in [7, 11) is 1.46. The lowest BCUT2D eigenvalue weighted by Crippen LogP contribution is -2.10. The highest BCUT2D eigenvalue weighted by Crippen LogP contribution is 2.27. The van der Waals surface area contributed by atoms with Gasteiger partial charge in [0, 0.05) is 10.6 Å². The number of nitrogens with zero attached hydrogens (tertiary/aromatic N) is 1. The summed E-state index contributed by atoms with van der Waals surface area (Å²) in [6.45, 7) is 2.03. The standard InChI is InChI=1S/C12H12ClNO3/c1-3-17-12(15)6-10-8(7-14)4-9(13)5-11(10)16-2/h4-5H,3,6H2,1-2H3. The van der Waals surface area contributed by atoms with E-state index in [1.807, 2.05) is 6.07 Å². The number of methoxy groups -OCH3 is 1. The van der Waals surface area contributed by atoms with Crippen molar-refractivity contribution in [1.29, 1.82) is 5.26 Å². The molecule has 1 aromatic rings. The molecule has 90 valence electrons. The quantitative estimate of drug-likeness (QED) is 0.773. The molecule has 0 spiro atoms. The highest BCUT2D eigenvalue weighted by atomic mass is 35.5. The highest BCUT2D eigenvalue weighted by molar-refractivity contribution is 6.30. The Balaban J connectivity index is 3.12. The minimum absolute atomic E-state index is 0.00290. The van der Waals surface area contributed by atoms with Crippen LogP contribution in [0.5, 0.6) is 5.75 Å². The Morgan fingerprint density at radius 3 is 2.76 bits per heavy atom. The normalized spacial score (nSPS) is 9.53. The largest absolute Gasteiger partial charge is 0.496 e. The second kappa shape index (κ2) is 6.12. The van der Waals surface area contributed by atoms with Gasteiger partial charge in [-0.05, 0) is 19.1 Å². The predicted octanol–water partition coefficient (Wildman–Crippen LogP) is 2.33. The monoisotopic (exact) mass is 253 g/mol. The van der Waals surface area contributed by atoms with Gasteiger partial charge in [0.25, 0.3) is 0 Å². The summed E-state index contributed by atoms with van der Waals surface area (Å²) in [5, 5.41) is 9.38. The molecule has 0 heterocycles. The van der Waals surface area contributed by atoms with Crippen molar-refractivity contribution >= 4 is 17.6 Å². The van der Waals surface area contributed by atoms with Crippen molar-refractivity contribution in [2.24, 2.45) is 0 Å². The van der Waals surface area contributed by atoms with Gasteiger partial charge in [-0.3, -0.25) is 4.79 Å². The van der Waals surface area contributed by atoms with Crippen LogP contribution >= 0.6 is 11.6 Å². The summed E-state index contributed by atoms with van der Waals surface area (Å²) in [6, 6.07) is 5.05. The zero-order chi connectivity index (χ0) is 12.8. The summed E-state index contributed by atoms with van der Waals surface area (Å²) in [5.41, 5.74) is 0.820. The maximum atomic E-state index is 11.4. The Morgan fingerprint density at radius 1 is 1.53 bits per heavy atom. The van der Waals surface area contributed by atoms with E-state index in [0.717, 1.165) is 0 Å². The van der Waals surface area contributed by atoms with Crippen LogP contribution in [0.3, 0.4) is 0 Å². The van der Waals surface area contributed by atoms with Crippen molar-refractivity contribution in [2.45, 2.75) is 13.3 Å². The molecule has 0 aliphatic heterocycles. The molecule has 0 aliphatic carbocycles. The third-order valence-electron chi connectivity index (χ3n) is 2.14. The average Bonchev–Trinajstić information content (AvgIpc) is 2.31. The van der Waals surface area contributed by atoms with Crippen molar-refractivity contribution in [3.63, 3.8) is 0 Å². The van der Waals surface area contributed by atoms with Crippen LogP contribution in [0.4, 0.5) is 0 Å². The smallest absolute Gasteiger partial charge is 0.310 e. The van der Waals surface area contributed by atoms with Gasteiger partial charge in [-0.15, -0.1) is 0 Å². The van der Waals surface area contributed by atoms with Crippen molar-refractivity contribution in [2.75, 3.05) is 13.7 Å². The summed E-state index contributed by atoms with van der Waals surface area (Å²) in [6.07, 6.45) is -0.00290. The predicted molar refractivity (Wildman–Crippen MR) is 63.1 cm³/mol. The van der Waals surface area contributed by atoms with E-state index in [9.17, 15) is 4.79 Å². The first-order valence-corrected chi connectivity index (χ1v) is 5.42. The summed E-state index contributed by atoms with van der Waals surface area (Å²) in [5.74, 6) is 0.0201. The molecule has 0 amide bonds. The number of ether oxygens (including phenoxy) is 2. The number of carbonyl (C=O) groups excluding carboxylic acids is 1. The molecule has 0 unspecified atom stereocenters. The van der Waals surface area contributed by atoms with Gasteiger partial charge >= 0.3 is 5.97 Å². The average molecular weight is 254 g/mol. The van der Waals surface area contributed by atoms with Crippen LogP contribution in [0, 0.1) is 11.3 Å². The first kappa shape index (κ1) is 13.3. The zero-order valence-corrected chi connectivity index (χ0v) is 10.4. The Labute approximate surface area is 105 Å². The Morgan fingerprint density at radius 2 is 2.24 bits per heavy atom. The van der Waals surface area contributed by atoms with E-state index in [1.54, 1.807) is 13.0 Å². The van der Waals surface area contributed by atoms with Crippen molar-refractivity contribution in [3.05, 3.63) is 28.3 Å². The zero-order valence-electron chi connectivity index (χ0n) is 9.62. The molecular weight excluding hydrogens is 242 g/mol. The van der Waals surface area contributed by atoms with Crippen LogP contribution in [0.2, 0.25) is 5.02 Å². The third-order valence-corrected chi connectivity index (χ3v) is 2.36. The minimum atomic E-state index is -0.398. The summed E-state index contributed by atoms with van der Waals surface area (Å²) < 4.78 is 9.94. The van der Waals surface area contributed by atoms with Gasteiger partial charge in [0.15, 0.2) is 0 Å². The van der Waals surface area contributed by atoms with Crippen LogP contribution in [0.1, 0.15) is 18.1 Å². The second-order valence-corrected chi connectivity index (χ2v) is 3.66. The van der Waals surface area contributed by atoms with E-state index in [-0.39, 0.29) is 6.42 Å². The summed E-state index contributed by atoms with van der Waals surface area (Å²) in [4.78, 5) is 11.4. The molecule has 0 N–H and O–H groups in total. The second-order valence-electron chi connectivity index (χ2n) is 3.23. The number of halogens is 1. The molecule has 0 atom stereocenters. The molecule has 0 saturated heterocycles. The fourth-order valence-electron chi connectivity index (χ4n) is 1.43. The Bertz CT molecular complexity index is 466. The van der Waals surface area contributed by atoms with E-state index in [2.05, 4.69) is 0 Å². The molecule has 0 fully saturated rings. The highest BCUT2D eigenvalue weighted by Gasteiger charge is 2.15. The molecule has 17 heavy (non-hydrogen) atoms. The van der Waals surface area contributed by atoms with E-state index >= 15 is 0 Å². The summed E-state index contributed by atoms with van der Waals surface area (Å²) >= 11 is 5.83. The fourth-order valence-corrected chi connectivity index (χ4v) is 1.64. The SMILES string of the molecule is CCOC(=O)Cc1c(C#N)cc(Cl)cc1OC. The number of benzene rings is 1.